The molecule has 0 radical (unpaired) electrons. The fraction of sp³-hybridized carbons (Fsp3) is 0.561. The van der Waals surface area contributed by atoms with Gasteiger partial charge in [-0.1, -0.05) is 31.4 Å². The summed E-state index contributed by atoms with van der Waals surface area (Å²) in [5.41, 5.74) is 6.14. The molecule has 10 nitrogen and oxygen atoms in total. The maximum atomic E-state index is 13.6. The number of carbonyl (C=O) groups excluding carboxylic acids is 1. The Hall–Kier alpha value is -3.67. The molecule has 9 rings (SSSR count). The molecule has 1 spiro atoms. The first-order valence-corrected chi connectivity index (χ1v) is 20.5. The number of likely N-dealkylation sites (tertiary alicyclic amines) is 1. The van der Waals surface area contributed by atoms with Gasteiger partial charge in [-0.15, -0.1) is 0 Å². The Balaban J connectivity index is 0.781. The van der Waals surface area contributed by atoms with Crippen LogP contribution in [-0.2, 0) is 23.8 Å². The number of rotatable bonds is 9. The van der Waals surface area contributed by atoms with Crippen LogP contribution in [0.1, 0.15) is 98.8 Å². The molecule has 2 saturated carbocycles. The molecule has 2 aromatic heterocycles. The maximum absolute atomic E-state index is 13.6. The lowest BCUT2D eigenvalue weighted by atomic mass is 9.89. The number of hydrogen-bond acceptors (Lipinski definition) is 9. The number of nitrogens with one attached hydrogen (secondary N) is 2. The van der Waals surface area contributed by atoms with E-state index in [1.807, 2.05) is 36.9 Å². The Bertz CT molecular complexity index is 1950. The minimum Gasteiger partial charge on any atom is -0.371 e. The molecule has 3 aliphatic heterocycles. The average Bonchev–Trinajstić information content (AvgIpc) is 3.85. The number of nitrogens with zero attached hydrogens (tertiary/aromatic N) is 7. The summed E-state index contributed by atoms with van der Waals surface area (Å²) in [7, 11) is 3.97. The molecule has 0 bridgehead atoms. The molecule has 4 fully saturated rings. The molecular formula is C41H53N9OS. The normalized spacial score (nSPS) is 21.7. The monoisotopic (exact) mass is 719 g/mol. The van der Waals surface area contributed by atoms with Crippen molar-refractivity contribution in [2.45, 2.75) is 112 Å². The predicted octanol–water partition coefficient (Wildman–Crippen LogP) is 7.39. The van der Waals surface area contributed by atoms with E-state index >= 15 is 0 Å². The average molecular weight is 720 g/mol. The summed E-state index contributed by atoms with van der Waals surface area (Å²) in [6.07, 6.45) is 14.2. The molecule has 2 aliphatic carbocycles. The van der Waals surface area contributed by atoms with E-state index in [4.69, 9.17) is 9.97 Å². The number of benzene rings is 2. The van der Waals surface area contributed by atoms with Crippen LogP contribution in [0, 0.1) is 6.92 Å². The van der Waals surface area contributed by atoms with Gasteiger partial charge in [0.05, 0.1) is 10.9 Å². The van der Waals surface area contributed by atoms with Crippen LogP contribution < -0.4 is 15.5 Å². The highest BCUT2D eigenvalue weighted by molar-refractivity contribution is 7.97. The summed E-state index contributed by atoms with van der Waals surface area (Å²) < 4.78 is 4.51. The third-order valence-electron chi connectivity index (χ3n) is 12.5. The fourth-order valence-electron chi connectivity index (χ4n) is 9.48. The second-order valence-corrected chi connectivity index (χ2v) is 17.3. The van der Waals surface area contributed by atoms with E-state index < -0.39 is 0 Å². The van der Waals surface area contributed by atoms with E-state index in [-0.39, 0.29) is 11.3 Å². The standard InChI is InChI=1S/C41H53N9OS/c1-27-21-28(26-48-17-11-29(12-18-48)30-9-10-34-36(24-30)47(3)46-37(34)42-2)23-33(22-27)52-49-19-13-31(14-20-49)44-40-43-25-35-38(45-40)50(32-7-5-4-6-8-32)39(51)41(35)15-16-41/h9-10,21-25,29,31-32H,4-8,11-20,26H2,1-3H3,(H,42,46)(H,43,44,45). The van der Waals surface area contributed by atoms with Crippen molar-refractivity contribution < 1.29 is 4.79 Å². The van der Waals surface area contributed by atoms with E-state index in [2.05, 4.69) is 73.2 Å². The van der Waals surface area contributed by atoms with Gasteiger partial charge in [-0.3, -0.25) is 19.3 Å². The highest BCUT2D eigenvalue weighted by atomic mass is 32.2. The lowest BCUT2D eigenvalue weighted by Crippen LogP contribution is -2.42. The second-order valence-electron chi connectivity index (χ2n) is 16.1. The topological polar surface area (TPSA) is 94.5 Å². The Kier molecular flexibility index (Phi) is 9.16. The van der Waals surface area contributed by atoms with Gasteiger partial charge in [0.15, 0.2) is 5.82 Å². The van der Waals surface area contributed by atoms with Crippen molar-refractivity contribution >= 4 is 46.3 Å². The van der Waals surface area contributed by atoms with Crippen LogP contribution in [0.5, 0.6) is 0 Å². The zero-order chi connectivity index (χ0) is 35.4. The van der Waals surface area contributed by atoms with Crippen molar-refractivity contribution in [1.29, 1.82) is 0 Å². The summed E-state index contributed by atoms with van der Waals surface area (Å²) in [5, 5.41) is 12.7. The third-order valence-corrected chi connectivity index (χ3v) is 13.6. The van der Waals surface area contributed by atoms with Gasteiger partial charge in [0.2, 0.25) is 11.9 Å². The zero-order valence-corrected chi connectivity index (χ0v) is 31.9. The predicted molar refractivity (Wildman–Crippen MR) is 210 cm³/mol. The second kappa shape index (κ2) is 14.0. The third kappa shape index (κ3) is 6.47. The first kappa shape index (κ1) is 34.1. The van der Waals surface area contributed by atoms with Crippen molar-refractivity contribution in [3.8, 4) is 0 Å². The number of carbonyl (C=O) groups is 1. The molecular weight excluding hydrogens is 667 g/mol. The molecule has 1 amide bonds. The molecule has 5 aliphatic rings. The minimum absolute atomic E-state index is 0.286. The van der Waals surface area contributed by atoms with Gasteiger partial charge < -0.3 is 10.6 Å². The Morgan fingerprint density at radius 1 is 0.942 bits per heavy atom. The Morgan fingerprint density at radius 2 is 1.73 bits per heavy atom. The molecule has 0 unspecified atom stereocenters. The van der Waals surface area contributed by atoms with E-state index in [0.717, 1.165) is 88.4 Å². The van der Waals surface area contributed by atoms with E-state index in [9.17, 15) is 4.79 Å². The highest BCUT2D eigenvalue weighted by Gasteiger charge is 2.61. The molecule has 5 heterocycles. The summed E-state index contributed by atoms with van der Waals surface area (Å²) in [6, 6.07) is 14.6. The van der Waals surface area contributed by atoms with E-state index in [0.29, 0.717) is 23.9 Å². The Morgan fingerprint density at radius 3 is 2.48 bits per heavy atom. The maximum Gasteiger partial charge on any atom is 0.239 e. The Labute approximate surface area is 312 Å². The number of aryl methyl sites for hydroxylation is 2. The van der Waals surface area contributed by atoms with Gasteiger partial charge in [-0.25, -0.2) is 9.29 Å². The van der Waals surface area contributed by atoms with Crippen LogP contribution in [0.25, 0.3) is 10.9 Å². The van der Waals surface area contributed by atoms with Crippen LogP contribution in [0.15, 0.2) is 47.5 Å². The number of fused-ring (bicyclic) bond motifs is 3. The molecule has 0 atom stereocenters. The van der Waals surface area contributed by atoms with Gasteiger partial charge in [0.1, 0.15) is 5.82 Å². The number of piperidine rings is 2. The summed E-state index contributed by atoms with van der Waals surface area (Å²) in [6.45, 7) is 7.51. The van der Waals surface area contributed by atoms with Crippen LogP contribution >= 0.6 is 11.9 Å². The number of anilines is 3. The number of amides is 1. The summed E-state index contributed by atoms with van der Waals surface area (Å²) >= 11 is 1.91. The molecule has 52 heavy (non-hydrogen) atoms. The van der Waals surface area contributed by atoms with E-state index in [1.165, 1.54) is 64.6 Å². The lowest BCUT2D eigenvalue weighted by molar-refractivity contribution is -0.120. The first-order chi connectivity index (χ1) is 25.4. The lowest BCUT2D eigenvalue weighted by Gasteiger charge is -2.33. The van der Waals surface area contributed by atoms with Crippen molar-refractivity contribution in [2.75, 3.05) is 48.8 Å². The molecule has 2 saturated heterocycles. The largest absolute Gasteiger partial charge is 0.371 e. The fourth-order valence-corrected chi connectivity index (χ4v) is 10.6. The van der Waals surface area contributed by atoms with Crippen LogP contribution in [0.3, 0.4) is 0 Å². The van der Waals surface area contributed by atoms with Crippen LogP contribution in [0.4, 0.5) is 17.6 Å². The van der Waals surface area contributed by atoms with Crippen molar-refractivity contribution in [3.05, 3.63) is 64.8 Å². The van der Waals surface area contributed by atoms with Crippen molar-refractivity contribution in [2.24, 2.45) is 7.05 Å². The van der Waals surface area contributed by atoms with Gasteiger partial charge in [-0.2, -0.15) is 10.1 Å². The number of hydrogen-bond donors (Lipinski definition) is 2. The van der Waals surface area contributed by atoms with Gasteiger partial charge in [-0.05, 0) is 130 Å². The molecule has 2 aromatic carbocycles. The van der Waals surface area contributed by atoms with Crippen LogP contribution in [-0.4, -0.2) is 80.2 Å². The number of aromatic nitrogens is 4. The molecule has 2 N–H and O–H groups in total. The van der Waals surface area contributed by atoms with Crippen molar-refractivity contribution in [1.82, 2.24) is 29.0 Å². The zero-order valence-electron chi connectivity index (χ0n) is 31.0. The SMILES string of the molecule is CNc1nn(C)c2cc(C3CCN(Cc4cc(C)cc(SN5CCC(Nc6ncc7c(n6)N(C6CCCCC6)C(=O)C76CC6)CC5)c4)CC3)ccc12. The molecule has 11 heteroatoms. The summed E-state index contributed by atoms with van der Waals surface area (Å²) in [5.74, 6) is 3.41. The summed E-state index contributed by atoms with van der Waals surface area (Å²) in [4.78, 5) is 29.5. The van der Waals surface area contributed by atoms with Crippen molar-refractivity contribution in [3.63, 3.8) is 0 Å². The molecule has 4 aromatic rings. The van der Waals surface area contributed by atoms with Crippen LogP contribution in [0.2, 0.25) is 0 Å². The van der Waals surface area contributed by atoms with Gasteiger partial charge in [0, 0.05) is 67.9 Å². The van der Waals surface area contributed by atoms with Gasteiger partial charge >= 0.3 is 0 Å². The first-order valence-electron chi connectivity index (χ1n) is 19.7. The van der Waals surface area contributed by atoms with Gasteiger partial charge in [0.25, 0.3) is 0 Å². The van der Waals surface area contributed by atoms with E-state index in [1.54, 1.807) is 0 Å². The minimum atomic E-state index is -0.325. The quantitative estimate of drug-likeness (QED) is 0.172. The molecule has 274 valence electrons. The highest BCUT2D eigenvalue weighted by Crippen LogP contribution is 2.57. The smallest absolute Gasteiger partial charge is 0.239 e.